The number of rotatable bonds is 3. The molecule has 11 heteroatoms. The van der Waals surface area contributed by atoms with Crippen molar-refractivity contribution in [2.24, 2.45) is 0 Å². The van der Waals surface area contributed by atoms with Gasteiger partial charge in [0.25, 0.3) is 5.91 Å². The molecular formula is C16H8ClF6N3O. The largest absolute Gasteiger partial charge is 0.418 e. The second kappa shape index (κ2) is 7.36. The lowest BCUT2D eigenvalue weighted by Crippen LogP contribution is -2.30. The highest BCUT2D eigenvalue weighted by atomic mass is 35.5. The number of nitriles is 1. The number of hydrogen-bond acceptors (Lipinski definition) is 3. The summed E-state index contributed by atoms with van der Waals surface area (Å²) in [6, 6.07) is 6.41. The summed E-state index contributed by atoms with van der Waals surface area (Å²) in [5, 5.41) is 8.06. The summed E-state index contributed by atoms with van der Waals surface area (Å²) in [6.45, 7) is 0. The fourth-order valence-electron chi connectivity index (χ4n) is 2.04. The molecule has 0 aromatic heterocycles. The van der Waals surface area contributed by atoms with Crippen molar-refractivity contribution in [3.8, 4) is 6.07 Å². The van der Waals surface area contributed by atoms with E-state index in [0.29, 0.717) is 12.1 Å². The van der Waals surface area contributed by atoms with Crippen molar-refractivity contribution in [3.05, 3.63) is 63.7 Å². The Bertz CT molecular complexity index is 918. The average Bonchev–Trinajstić information content (AvgIpc) is 2.58. The molecule has 0 radical (unpaired) electrons. The molecule has 2 aromatic rings. The standard InChI is InChI=1S/C16H8ClF6N3O/c17-12-3-2-9(6-10(12)15(18,19)20)14(27)26-25-13-4-1-8(7-24)5-11(13)16(21,22)23/h1-6,25H,(H,26,27). The monoisotopic (exact) mass is 407 g/mol. The number of hydrogen-bond donors (Lipinski definition) is 2. The Morgan fingerprint density at radius 1 is 0.963 bits per heavy atom. The third-order valence-electron chi connectivity index (χ3n) is 3.30. The van der Waals surface area contributed by atoms with Crippen molar-refractivity contribution in [1.82, 2.24) is 5.43 Å². The maximum atomic E-state index is 13.0. The molecular weight excluding hydrogens is 400 g/mol. The smallest absolute Gasteiger partial charge is 0.298 e. The molecule has 0 saturated carbocycles. The predicted octanol–water partition coefficient (Wildman–Crippen LogP) is 5.01. The second-order valence-corrected chi connectivity index (χ2v) is 5.55. The van der Waals surface area contributed by atoms with Gasteiger partial charge in [-0.05, 0) is 36.4 Å². The molecule has 0 unspecified atom stereocenters. The summed E-state index contributed by atoms with van der Waals surface area (Å²) in [4.78, 5) is 12.0. The maximum absolute atomic E-state index is 13.0. The van der Waals surface area contributed by atoms with E-state index in [-0.39, 0.29) is 5.56 Å². The van der Waals surface area contributed by atoms with Gasteiger partial charge >= 0.3 is 12.4 Å². The van der Waals surface area contributed by atoms with Crippen LogP contribution in [0.25, 0.3) is 0 Å². The van der Waals surface area contributed by atoms with Crippen molar-refractivity contribution in [3.63, 3.8) is 0 Å². The number of alkyl halides is 6. The van der Waals surface area contributed by atoms with Gasteiger partial charge in [0, 0.05) is 5.56 Å². The summed E-state index contributed by atoms with van der Waals surface area (Å²) in [5.41, 5.74) is 0.0820. The van der Waals surface area contributed by atoms with Crippen LogP contribution < -0.4 is 10.9 Å². The Morgan fingerprint density at radius 3 is 2.15 bits per heavy atom. The van der Waals surface area contributed by atoms with Crippen molar-refractivity contribution in [2.45, 2.75) is 12.4 Å². The number of carbonyl (C=O) groups is 1. The molecule has 0 fully saturated rings. The Labute approximate surface area is 153 Å². The zero-order valence-electron chi connectivity index (χ0n) is 13.0. The minimum absolute atomic E-state index is 0.258. The number of nitrogens with one attached hydrogen (secondary N) is 2. The number of carbonyl (C=O) groups excluding carboxylic acids is 1. The van der Waals surface area contributed by atoms with Gasteiger partial charge in [-0.15, -0.1) is 0 Å². The van der Waals surface area contributed by atoms with Crippen LogP contribution in [0.4, 0.5) is 32.0 Å². The van der Waals surface area contributed by atoms with Crippen LogP contribution >= 0.6 is 11.6 Å². The molecule has 0 aliphatic carbocycles. The summed E-state index contributed by atoms with van der Waals surface area (Å²) in [7, 11) is 0. The number of hydrazine groups is 1. The first-order valence-corrected chi connectivity index (χ1v) is 7.35. The molecule has 2 N–H and O–H groups in total. The molecule has 0 heterocycles. The van der Waals surface area contributed by atoms with Gasteiger partial charge in [0.2, 0.25) is 0 Å². The molecule has 2 aromatic carbocycles. The lowest BCUT2D eigenvalue weighted by atomic mass is 10.1. The Kier molecular flexibility index (Phi) is 5.56. The average molecular weight is 408 g/mol. The third-order valence-corrected chi connectivity index (χ3v) is 3.63. The van der Waals surface area contributed by atoms with Gasteiger partial charge in [0.15, 0.2) is 0 Å². The van der Waals surface area contributed by atoms with E-state index in [0.717, 1.165) is 24.3 Å². The molecule has 0 bridgehead atoms. The molecule has 0 spiro atoms. The molecule has 27 heavy (non-hydrogen) atoms. The van der Waals surface area contributed by atoms with E-state index in [1.165, 1.54) is 0 Å². The number of anilines is 1. The summed E-state index contributed by atoms with van der Waals surface area (Å²) in [6.07, 6.45) is -9.64. The van der Waals surface area contributed by atoms with Crippen LogP contribution in [0.3, 0.4) is 0 Å². The van der Waals surface area contributed by atoms with Crippen molar-refractivity contribution in [2.75, 3.05) is 5.43 Å². The zero-order valence-corrected chi connectivity index (χ0v) is 13.7. The maximum Gasteiger partial charge on any atom is 0.418 e. The highest BCUT2D eigenvalue weighted by Crippen LogP contribution is 2.36. The molecule has 142 valence electrons. The van der Waals surface area contributed by atoms with Crippen LogP contribution in [-0.4, -0.2) is 5.91 Å². The molecule has 4 nitrogen and oxygen atoms in total. The van der Waals surface area contributed by atoms with Crippen LogP contribution in [0.5, 0.6) is 0 Å². The Hall–Kier alpha value is -2.93. The lowest BCUT2D eigenvalue weighted by Gasteiger charge is -2.16. The molecule has 0 aliphatic heterocycles. The van der Waals surface area contributed by atoms with Crippen LogP contribution in [0, 0.1) is 11.3 Å². The van der Waals surface area contributed by atoms with Gasteiger partial charge in [-0.2, -0.15) is 31.6 Å². The topological polar surface area (TPSA) is 64.9 Å². The fourth-order valence-corrected chi connectivity index (χ4v) is 2.26. The molecule has 1 amide bonds. The normalized spacial score (nSPS) is 11.6. The van der Waals surface area contributed by atoms with E-state index in [2.05, 4.69) is 0 Å². The van der Waals surface area contributed by atoms with Gasteiger partial charge < -0.3 is 0 Å². The molecule has 0 aliphatic rings. The molecule has 0 atom stereocenters. The highest BCUT2D eigenvalue weighted by molar-refractivity contribution is 6.31. The van der Waals surface area contributed by atoms with E-state index >= 15 is 0 Å². The summed E-state index contributed by atoms with van der Waals surface area (Å²) < 4.78 is 77.6. The first-order valence-electron chi connectivity index (χ1n) is 6.98. The lowest BCUT2D eigenvalue weighted by molar-refractivity contribution is -0.138. The predicted molar refractivity (Wildman–Crippen MR) is 83.7 cm³/mol. The van der Waals surface area contributed by atoms with Crippen LogP contribution in [0.15, 0.2) is 36.4 Å². The van der Waals surface area contributed by atoms with Crippen LogP contribution in [-0.2, 0) is 12.4 Å². The Morgan fingerprint density at radius 2 is 1.59 bits per heavy atom. The molecule has 0 saturated heterocycles. The fraction of sp³-hybridized carbons (Fsp3) is 0.125. The first-order chi connectivity index (χ1) is 12.4. The van der Waals surface area contributed by atoms with E-state index in [1.807, 2.05) is 10.9 Å². The number of amides is 1. The summed E-state index contributed by atoms with van der Waals surface area (Å²) >= 11 is 5.44. The van der Waals surface area contributed by atoms with Gasteiger partial charge in [0.1, 0.15) is 0 Å². The second-order valence-electron chi connectivity index (χ2n) is 5.14. The number of nitrogens with zero attached hydrogens (tertiary/aromatic N) is 1. The van der Waals surface area contributed by atoms with Crippen LogP contribution in [0.1, 0.15) is 27.0 Å². The highest BCUT2D eigenvalue weighted by Gasteiger charge is 2.35. The van der Waals surface area contributed by atoms with Crippen molar-refractivity contribution in [1.29, 1.82) is 5.26 Å². The van der Waals surface area contributed by atoms with E-state index in [9.17, 15) is 31.1 Å². The Balaban J connectivity index is 2.26. The van der Waals surface area contributed by atoms with Gasteiger partial charge in [0.05, 0.1) is 33.5 Å². The first kappa shape index (κ1) is 20.4. The minimum atomic E-state index is -4.83. The number of halogens is 7. The minimum Gasteiger partial charge on any atom is -0.298 e. The summed E-state index contributed by atoms with van der Waals surface area (Å²) in [5.74, 6) is -1.12. The SMILES string of the molecule is N#Cc1ccc(NNC(=O)c2ccc(Cl)c(C(F)(F)F)c2)c(C(F)(F)F)c1. The van der Waals surface area contributed by atoms with E-state index in [4.69, 9.17) is 16.9 Å². The zero-order chi connectivity index (χ0) is 20.4. The number of benzene rings is 2. The van der Waals surface area contributed by atoms with Crippen molar-refractivity contribution >= 4 is 23.2 Å². The van der Waals surface area contributed by atoms with Gasteiger partial charge in [-0.3, -0.25) is 15.6 Å². The third kappa shape index (κ3) is 4.83. The quantitative estimate of drug-likeness (QED) is 0.555. The van der Waals surface area contributed by atoms with E-state index < -0.39 is 45.7 Å². The molecule has 2 rings (SSSR count). The van der Waals surface area contributed by atoms with Crippen molar-refractivity contribution < 1.29 is 31.1 Å². The van der Waals surface area contributed by atoms with Gasteiger partial charge in [-0.1, -0.05) is 11.6 Å². The van der Waals surface area contributed by atoms with Gasteiger partial charge in [-0.25, -0.2) is 0 Å². The van der Waals surface area contributed by atoms with Crippen LogP contribution in [0.2, 0.25) is 5.02 Å². The van der Waals surface area contributed by atoms with E-state index in [1.54, 1.807) is 6.07 Å².